The molecule has 4 rings (SSSR count). The molecule has 140 valence electrons. The summed E-state index contributed by atoms with van der Waals surface area (Å²) in [6.45, 7) is 1.27. The van der Waals surface area contributed by atoms with Crippen LogP contribution in [0.5, 0.6) is 0 Å². The van der Waals surface area contributed by atoms with E-state index in [-0.39, 0.29) is 18.0 Å². The summed E-state index contributed by atoms with van der Waals surface area (Å²) in [5.74, 6) is -0.129. The number of aromatic nitrogens is 1. The molecule has 27 heavy (non-hydrogen) atoms. The van der Waals surface area contributed by atoms with Crippen molar-refractivity contribution in [1.29, 1.82) is 0 Å². The molecule has 2 aromatic rings. The van der Waals surface area contributed by atoms with Crippen molar-refractivity contribution >= 4 is 11.9 Å². The van der Waals surface area contributed by atoms with Gasteiger partial charge in [-0.25, -0.2) is 4.79 Å². The number of hydrogen-bond donors (Lipinski definition) is 1. The van der Waals surface area contributed by atoms with Crippen LogP contribution in [0.3, 0.4) is 0 Å². The standard InChI is InChI=1S/C20H22N4O3/c25-19(22-12-16-7-4-10-21-11-16)18-9-8-17-13-23(18)20(26)24(17)27-14-15-5-2-1-3-6-15/h1-7,10-11,17-18H,8-9,12-14H2,(H,22,25)/t17-,18+/m1/s1. The largest absolute Gasteiger partial charge is 0.350 e. The van der Waals surface area contributed by atoms with Gasteiger partial charge in [-0.3, -0.25) is 14.6 Å². The van der Waals surface area contributed by atoms with Gasteiger partial charge in [-0.15, -0.1) is 0 Å². The maximum Gasteiger partial charge on any atom is 0.345 e. The van der Waals surface area contributed by atoms with Crippen LogP contribution in [0.4, 0.5) is 4.79 Å². The van der Waals surface area contributed by atoms with Gasteiger partial charge < -0.3 is 10.2 Å². The molecule has 2 aliphatic heterocycles. The SMILES string of the molecule is O=C(NCc1cccnc1)[C@@H]1CC[C@@H]2CN1C(=O)N2OCc1ccccc1. The topological polar surface area (TPSA) is 74.8 Å². The van der Waals surface area contributed by atoms with Crippen LogP contribution in [0.2, 0.25) is 0 Å². The van der Waals surface area contributed by atoms with Crippen molar-refractivity contribution in [1.82, 2.24) is 20.3 Å². The maximum absolute atomic E-state index is 12.7. The first-order chi connectivity index (χ1) is 13.2. The number of carbonyl (C=O) groups is 2. The Bertz CT molecular complexity index is 799. The van der Waals surface area contributed by atoms with Gasteiger partial charge in [0.15, 0.2) is 0 Å². The molecular weight excluding hydrogens is 344 g/mol. The van der Waals surface area contributed by atoms with Crippen molar-refractivity contribution in [3.05, 3.63) is 66.0 Å². The maximum atomic E-state index is 12.7. The minimum absolute atomic E-state index is 0.00332. The van der Waals surface area contributed by atoms with E-state index in [1.807, 2.05) is 42.5 Å². The zero-order valence-corrected chi connectivity index (χ0v) is 15.0. The number of nitrogens with zero attached hydrogens (tertiary/aromatic N) is 3. The van der Waals surface area contributed by atoms with Crippen molar-refractivity contribution in [2.45, 2.75) is 38.1 Å². The van der Waals surface area contributed by atoms with Crippen molar-refractivity contribution < 1.29 is 14.4 Å². The Hall–Kier alpha value is -2.93. The van der Waals surface area contributed by atoms with E-state index in [1.54, 1.807) is 17.3 Å². The molecule has 0 unspecified atom stereocenters. The van der Waals surface area contributed by atoms with Gasteiger partial charge in [-0.1, -0.05) is 36.4 Å². The number of benzene rings is 1. The Labute approximate surface area is 157 Å². The first-order valence-corrected chi connectivity index (χ1v) is 9.15. The Morgan fingerprint density at radius 2 is 1.96 bits per heavy atom. The lowest BCUT2D eigenvalue weighted by molar-refractivity contribution is -0.140. The molecule has 2 bridgehead atoms. The molecular formula is C20H22N4O3. The lowest BCUT2D eigenvalue weighted by atomic mass is 10.0. The van der Waals surface area contributed by atoms with Crippen LogP contribution < -0.4 is 5.32 Å². The first-order valence-electron chi connectivity index (χ1n) is 9.15. The second-order valence-electron chi connectivity index (χ2n) is 6.85. The number of carbonyl (C=O) groups excluding carboxylic acids is 2. The highest BCUT2D eigenvalue weighted by atomic mass is 16.7. The van der Waals surface area contributed by atoms with E-state index in [4.69, 9.17) is 4.84 Å². The van der Waals surface area contributed by atoms with Crippen LogP contribution >= 0.6 is 0 Å². The first kappa shape index (κ1) is 17.5. The number of piperidine rings is 1. The Morgan fingerprint density at radius 3 is 2.74 bits per heavy atom. The molecule has 7 heteroatoms. The average Bonchev–Trinajstić information content (AvgIpc) is 2.96. The fraction of sp³-hybridized carbons (Fsp3) is 0.350. The predicted octanol–water partition coefficient (Wildman–Crippen LogP) is 2.10. The summed E-state index contributed by atoms with van der Waals surface area (Å²) < 4.78 is 0. The predicted molar refractivity (Wildman–Crippen MR) is 98.1 cm³/mol. The highest BCUT2D eigenvalue weighted by molar-refractivity contribution is 5.88. The molecule has 0 radical (unpaired) electrons. The number of amides is 3. The monoisotopic (exact) mass is 366 g/mol. The molecule has 2 saturated heterocycles. The summed E-state index contributed by atoms with van der Waals surface area (Å²) in [6.07, 6.45) is 4.80. The van der Waals surface area contributed by atoms with E-state index in [0.29, 0.717) is 26.1 Å². The van der Waals surface area contributed by atoms with Crippen molar-refractivity contribution in [3.63, 3.8) is 0 Å². The van der Waals surface area contributed by atoms with Gasteiger partial charge in [0.1, 0.15) is 12.6 Å². The molecule has 2 fully saturated rings. The molecule has 2 aliphatic rings. The molecule has 7 nitrogen and oxygen atoms in total. The van der Waals surface area contributed by atoms with Crippen LogP contribution in [0.25, 0.3) is 0 Å². The zero-order chi connectivity index (χ0) is 18.6. The zero-order valence-electron chi connectivity index (χ0n) is 15.0. The fourth-order valence-corrected chi connectivity index (χ4v) is 3.60. The molecule has 2 atom stereocenters. The third-order valence-electron chi connectivity index (χ3n) is 5.03. The van der Waals surface area contributed by atoms with Gasteiger partial charge in [0, 0.05) is 25.5 Å². The van der Waals surface area contributed by atoms with E-state index < -0.39 is 6.04 Å². The number of pyridine rings is 1. The second kappa shape index (κ2) is 7.75. The molecule has 1 aromatic carbocycles. The fourth-order valence-electron chi connectivity index (χ4n) is 3.60. The van der Waals surface area contributed by atoms with Crippen LogP contribution in [0.15, 0.2) is 54.9 Å². The summed E-state index contributed by atoms with van der Waals surface area (Å²) in [5, 5.41) is 4.36. The minimum atomic E-state index is -0.448. The molecule has 0 saturated carbocycles. The van der Waals surface area contributed by atoms with Crippen LogP contribution in [0.1, 0.15) is 24.0 Å². The van der Waals surface area contributed by atoms with E-state index in [2.05, 4.69) is 10.3 Å². The van der Waals surface area contributed by atoms with Crippen molar-refractivity contribution in [2.24, 2.45) is 0 Å². The van der Waals surface area contributed by atoms with Gasteiger partial charge >= 0.3 is 6.03 Å². The number of rotatable bonds is 6. The average molecular weight is 366 g/mol. The van der Waals surface area contributed by atoms with E-state index in [1.165, 1.54) is 5.06 Å². The second-order valence-corrected chi connectivity index (χ2v) is 6.85. The molecule has 0 aliphatic carbocycles. The normalized spacial score (nSPS) is 21.4. The molecule has 0 spiro atoms. The lowest BCUT2D eigenvalue weighted by Crippen LogP contribution is -2.49. The van der Waals surface area contributed by atoms with Crippen LogP contribution in [0, 0.1) is 0 Å². The Kier molecular flexibility index (Phi) is 5.02. The molecule has 1 N–H and O–H groups in total. The van der Waals surface area contributed by atoms with Crippen LogP contribution in [-0.4, -0.2) is 45.5 Å². The molecule has 1 aromatic heterocycles. The van der Waals surface area contributed by atoms with Crippen molar-refractivity contribution in [3.8, 4) is 0 Å². The van der Waals surface area contributed by atoms with Crippen LogP contribution in [-0.2, 0) is 22.8 Å². The smallest absolute Gasteiger partial charge is 0.345 e. The number of hydroxylamine groups is 2. The minimum Gasteiger partial charge on any atom is -0.350 e. The summed E-state index contributed by atoms with van der Waals surface area (Å²) in [6, 6.07) is 12.8. The Morgan fingerprint density at radius 1 is 1.15 bits per heavy atom. The number of hydrogen-bond acceptors (Lipinski definition) is 4. The highest BCUT2D eigenvalue weighted by Crippen LogP contribution is 2.30. The molecule has 3 heterocycles. The number of nitrogens with one attached hydrogen (secondary N) is 1. The van der Waals surface area contributed by atoms with Gasteiger partial charge in [-0.2, -0.15) is 5.06 Å². The van der Waals surface area contributed by atoms with Gasteiger partial charge in [0.05, 0.1) is 6.04 Å². The van der Waals surface area contributed by atoms with E-state index in [9.17, 15) is 9.59 Å². The van der Waals surface area contributed by atoms with E-state index >= 15 is 0 Å². The Balaban J connectivity index is 1.35. The summed E-state index contributed by atoms with van der Waals surface area (Å²) in [4.78, 5) is 36.8. The van der Waals surface area contributed by atoms with Gasteiger partial charge in [0.25, 0.3) is 0 Å². The molecule has 3 amide bonds. The third kappa shape index (κ3) is 3.78. The quantitative estimate of drug-likeness (QED) is 0.850. The van der Waals surface area contributed by atoms with Gasteiger partial charge in [-0.05, 0) is 30.0 Å². The number of urea groups is 1. The highest BCUT2D eigenvalue weighted by Gasteiger charge is 2.47. The number of fused-ring (bicyclic) bond motifs is 2. The summed E-state index contributed by atoms with van der Waals surface area (Å²) in [7, 11) is 0. The third-order valence-corrected chi connectivity index (χ3v) is 5.03. The van der Waals surface area contributed by atoms with Gasteiger partial charge in [0.2, 0.25) is 5.91 Å². The summed E-state index contributed by atoms with van der Waals surface area (Å²) >= 11 is 0. The lowest BCUT2D eigenvalue weighted by Gasteiger charge is -2.29. The van der Waals surface area contributed by atoms with Crippen molar-refractivity contribution in [2.75, 3.05) is 6.54 Å². The van der Waals surface area contributed by atoms with E-state index in [0.717, 1.165) is 17.5 Å². The summed E-state index contributed by atoms with van der Waals surface area (Å²) in [5.41, 5.74) is 1.94.